The van der Waals surface area contributed by atoms with Crippen LogP contribution in [-0.2, 0) is 19.4 Å². The van der Waals surface area contributed by atoms with Crippen LogP contribution in [0.2, 0.25) is 0 Å². The maximum absolute atomic E-state index is 9.75. The predicted octanol–water partition coefficient (Wildman–Crippen LogP) is 5.22. The van der Waals surface area contributed by atoms with Crippen molar-refractivity contribution >= 4 is 21.7 Å². The van der Waals surface area contributed by atoms with Gasteiger partial charge < -0.3 is 9.15 Å². The highest BCUT2D eigenvalue weighted by Crippen LogP contribution is 2.34. The quantitative estimate of drug-likeness (QED) is 0.587. The summed E-state index contributed by atoms with van der Waals surface area (Å²) < 4.78 is 12.9. The summed E-state index contributed by atoms with van der Waals surface area (Å²) >= 11 is 3.42. The lowest BCUT2D eigenvalue weighted by Crippen LogP contribution is -2.23. The molecule has 2 heterocycles. The number of halogens is 1. The van der Waals surface area contributed by atoms with Crippen molar-refractivity contribution in [3.8, 4) is 23.1 Å². The minimum atomic E-state index is 0.320. The summed E-state index contributed by atoms with van der Waals surface area (Å²) in [6.45, 7) is 0.320. The zero-order valence-corrected chi connectivity index (χ0v) is 17.7. The normalized spacial score (nSPS) is 13.8. The van der Waals surface area contributed by atoms with Gasteiger partial charge in [0.15, 0.2) is 5.56 Å². The Hall–Kier alpha value is -2.78. The van der Waals surface area contributed by atoms with Crippen LogP contribution < -0.4 is 15.5 Å². The summed E-state index contributed by atoms with van der Waals surface area (Å²) in [6.07, 6.45) is 6.51. The Kier molecular flexibility index (Phi) is 5.86. The monoisotopic (exact) mass is 452 g/mol. The Bertz CT molecular complexity index is 1050. The van der Waals surface area contributed by atoms with E-state index in [0.717, 1.165) is 52.7 Å². The van der Waals surface area contributed by atoms with Crippen LogP contribution >= 0.6 is 15.9 Å². The van der Waals surface area contributed by atoms with Gasteiger partial charge in [-0.15, -0.1) is 0 Å². The lowest BCUT2D eigenvalue weighted by Gasteiger charge is -2.16. The van der Waals surface area contributed by atoms with Crippen LogP contribution in [0, 0.1) is 11.3 Å². The number of nitrogen functional groups attached to an aromatic ring is 1. The molecule has 0 aliphatic heterocycles. The van der Waals surface area contributed by atoms with Gasteiger partial charge >= 0.3 is 0 Å². The van der Waals surface area contributed by atoms with Crippen molar-refractivity contribution in [2.45, 2.75) is 45.1 Å². The second kappa shape index (κ2) is 8.71. The van der Waals surface area contributed by atoms with Gasteiger partial charge in [0, 0.05) is 16.5 Å². The Labute approximate surface area is 178 Å². The minimum Gasteiger partial charge on any atom is -0.486 e. The number of H-pyrrole nitrogens is 1. The Morgan fingerprint density at radius 2 is 1.83 bits per heavy atom. The molecule has 1 aliphatic rings. The smallest absolute Gasteiger partial charge is 0.289 e. The standard InChI is InChI=1S/C23H22BrN3O2/c24-15-7-9-16(10-8-15)28-14-17-11-12-21(29-17)22-18-5-3-1-2-4-6-20(18)27-23(26)19(22)13-25/h7-12H,1-6,14H2,(H2,26,27)/p+1. The first-order valence-electron chi connectivity index (χ1n) is 9.90. The van der Waals surface area contributed by atoms with E-state index in [1.165, 1.54) is 12.8 Å². The fraction of sp³-hybridized carbons (Fsp3) is 0.304. The molecule has 1 aliphatic carbocycles. The lowest BCUT2D eigenvalue weighted by molar-refractivity contribution is -0.374. The number of aromatic nitrogens is 1. The first-order valence-corrected chi connectivity index (χ1v) is 10.7. The Balaban J connectivity index is 1.65. The molecule has 0 saturated carbocycles. The molecule has 4 rings (SSSR count). The maximum atomic E-state index is 9.75. The van der Waals surface area contributed by atoms with E-state index in [1.54, 1.807) is 0 Å². The number of rotatable bonds is 4. The summed E-state index contributed by atoms with van der Waals surface area (Å²) in [6, 6.07) is 13.8. The second-order valence-corrected chi connectivity index (χ2v) is 8.20. The van der Waals surface area contributed by atoms with Gasteiger partial charge in [-0.3, -0.25) is 5.73 Å². The average Bonchev–Trinajstić information content (AvgIpc) is 3.17. The molecule has 0 radical (unpaired) electrons. The summed E-state index contributed by atoms with van der Waals surface area (Å²) in [7, 11) is 0. The molecule has 6 heteroatoms. The van der Waals surface area contributed by atoms with Crippen molar-refractivity contribution in [2.24, 2.45) is 0 Å². The highest BCUT2D eigenvalue weighted by atomic mass is 79.9. The summed E-state index contributed by atoms with van der Waals surface area (Å²) in [4.78, 5) is 3.27. The van der Waals surface area contributed by atoms with Crippen LogP contribution in [0.15, 0.2) is 45.3 Å². The third-order valence-electron chi connectivity index (χ3n) is 5.29. The molecule has 3 N–H and O–H groups in total. The minimum absolute atomic E-state index is 0.320. The van der Waals surface area contributed by atoms with Crippen LogP contribution in [0.3, 0.4) is 0 Å². The van der Waals surface area contributed by atoms with Crippen molar-refractivity contribution < 1.29 is 14.1 Å². The van der Waals surface area contributed by atoms with Crippen LogP contribution in [0.25, 0.3) is 11.3 Å². The summed E-state index contributed by atoms with van der Waals surface area (Å²) in [5, 5.41) is 9.75. The number of anilines is 1. The van der Waals surface area contributed by atoms with E-state index in [4.69, 9.17) is 14.9 Å². The highest BCUT2D eigenvalue weighted by Gasteiger charge is 2.25. The number of nitrogens with one attached hydrogen (secondary N) is 1. The van der Waals surface area contributed by atoms with Crippen LogP contribution in [0.1, 0.15) is 48.3 Å². The van der Waals surface area contributed by atoms with Crippen LogP contribution in [-0.4, -0.2) is 0 Å². The predicted molar refractivity (Wildman–Crippen MR) is 114 cm³/mol. The van der Waals surface area contributed by atoms with Gasteiger partial charge in [-0.25, -0.2) is 4.98 Å². The number of hydrogen-bond donors (Lipinski definition) is 1. The number of furan rings is 1. The van der Waals surface area contributed by atoms with Crippen molar-refractivity contribution in [2.75, 3.05) is 5.73 Å². The molecule has 1 aromatic carbocycles. The molecule has 3 aromatic rings. The number of aromatic amines is 1. The largest absolute Gasteiger partial charge is 0.486 e. The van der Waals surface area contributed by atoms with Crippen molar-refractivity contribution in [3.05, 3.63) is 63.5 Å². The molecule has 0 fully saturated rings. The van der Waals surface area contributed by atoms with Gasteiger partial charge in [-0.2, -0.15) is 5.26 Å². The molecule has 0 unspecified atom stereocenters. The first-order chi connectivity index (χ1) is 14.2. The van der Waals surface area contributed by atoms with Gasteiger partial charge in [0.25, 0.3) is 5.82 Å². The fourth-order valence-electron chi connectivity index (χ4n) is 3.85. The fourth-order valence-corrected chi connectivity index (χ4v) is 4.11. The SMILES string of the molecule is N#Cc1c(N)[nH+]c2c(c1-c1ccc(COc3ccc(Br)cc3)o1)CCCCCC2. The number of nitrogens with two attached hydrogens (primary N) is 1. The van der Waals surface area contributed by atoms with Gasteiger partial charge in [0.05, 0.1) is 5.56 Å². The van der Waals surface area contributed by atoms with Gasteiger partial charge in [-0.05, 0) is 55.7 Å². The topological polar surface area (TPSA) is 86.3 Å². The molecule has 0 atom stereocenters. The molecule has 29 heavy (non-hydrogen) atoms. The number of nitriles is 1. The number of nitrogens with zero attached hydrogens (tertiary/aromatic N) is 1. The number of ether oxygens (including phenoxy) is 1. The van der Waals surface area contributed by atoms with Gasteiger partial charge in [0.1, 0.15) is 35.6 Å². The number of benzene rings is 1. The molecule has 5 nitrogen and oxygen atoms in total. The number of hydrogen-bond acceptors (Lipinski definition) is 4. The van der Waals surface area contributed by atoms with Crippen LogP contribution in [0.4, 0.5) is 5.82 Å². The van der Waals surface area contributed by atoms with Crippen molar-refractivity contribution in [3.63, 3.8) is 0 Å². The zero-order chi connectivity index (χ0) is 20.2. The third kappa shape index (κ3) is 4.30. The van der Waals surface area contributed by atoms with Gasteiger partial charge in [0.2, 0.25) is 0 Å². The zero-order valence-electron chi connectivity index (χ0n) is 16.1. The van der Waals surface area contributed by atoms with E-state index >= 15 is 0 Å². The van der Waals surface area contributed by atoms with E-state index < -0.39 is 0 Å². The lowest BCUT2D eigenvalue weighted by atomic mass is 9.90. The van der Waals surface area contributed by atoms with E-state index in [2.05, 4.69) is 27.0 Å². The molecule has 0 spiro atoms. The number of pyridine rings is 1. The Morgan fingerprint density at radius 3 is 2.59 bits per heavy atom. The van der Waals surface area contributed by atoms with Crippen LogP contribution in [0.5, 0.6) is 5.75 Å². The second-order valence-electron chi connectivity index (χ2n) is 7.28. The molecule has 148 valence electrons. The third-order valence-corrected chi connectivity index (χ3v) is 5.82. The van der Waals surface area contributed by atoms with Crippen molar-refractivity contribution in [1.82, 2.24) is 0 Å². The van der Waals surface area contributed by atoms with E-state index in [0.29, 0.717) is 29.5 Å². The van der Waals surface area contributed by atoms with E-state index in [1.807, 2.05) is 36.4 Å². The molecular formula is C23H23BrN3O2+. The maximum Gasteiger partial charge on any atom is 0.289 e. The number of fused-ring (bicyclic) bond motifs is 1. The molecule has 2 aromatic heterocycles. The number of aryl methyl sites for hydroxylation is 1. The summed E-state index contributed by atoms with van der Waals surface area (Å²) in [5.41, 5.74) is 9.76. The first kappa shape index (κ1) is 19.5. The molecule has 0 bridgehead atoms. The highest BCUT2D eigenvalue weighted by molar-refractivity contribution is 9.10. The molecular weight excluding hydrogens is 430 g/mol. The van der Waals surface area contributed by atoms with Crippen molar-refractivity contribution in [1.29, 1.82) is 5.26 Å². The Morgan fingerprint density at radius 1 is 1.07 bits per heavy atom. The van der Waals surface area contributed by atoms with Gasteiger partial charge in [-0.1, -0.05) is 28.8 Å². The average molecular weight is 453 g/mol. The molecule has 0 amide bonds. The van der Waals surface area contributed by atoms with E-state index in [-0.39, 0.29) is 0 Å². The summed E-state index contributed by atoms with van der Waals surface area (Å²) in [5.74, 6) is 2.56. The van der Waals surface area contributed by atoms with E-state index in [9.17, 15) is 5.26 Å². The molecule has 0 saturated heterocycles.